The zero-order valence-corrected chi connectivity index (χ0v) is 8.18. The van der Waals surface area contributed by atoms with E-state index in [9.17, 15) is 0 Å². The van der Waals surface area contributed by atoms with E-state index in [0.717, 1.165) is 18.6 Å². The van der Waals surface area contributed by atoms with Crippen LogP contribution >= 0.6 is 11.6 Å². The minimum atomic E-state index is 0.375. The average Bonchev–Trinajstić information content (AvgIpc) is 2.61. The molecule has 2 heteroatoms. The number of halogens is 1. The van der Waals surface area contributed by atoms with Gasteiger partial charge in [-0.25, -0.2) is 0 Å². The molecule has 1 aromatic rings. The summed E-state index contributed by atoms with van der Waals surface area (Å²) < 4.78 is 5.75. The van der Waals surface area contributed by atoms with Crippen molar-refractivity contribution in [3.05, 3.63) is 29.3 Å². The quantitative estimate of drug-likeness (QED) is 0.702. The summed E-state index contributed by atoms with van der Waals surface area (Å²) in [5, 5.41) is 0.661. The second-order valence-corrected chi connectivity index (χ2v) is 3.79. The van der Waals surface area contributed by atoms with Crippen LogP contribution in [0, 0.1) is 6.07 Å². The number of benzene rings is 1. The number of hydrogen-bond acceptors (Lipinski definition) is 1. The van der Waals surface area contributed by atoms with Crippen molar-refractivity contribution in [2.24, 2.45) is 0 Å². The Morgan fingerprint density at radius 3 is 2.85 bits per heavy atom. The largest absolute Gasteiger partial charge is 0.489 e. The predicted molar refractivity (Wildman–Crippen MR) is 53.2 cm³/mol. The molecule has 13 heavy (non-hydrogen) atoms. The lowest BCUT2D eigenvalue weighted by Crippen LogP contribution is -2.10. The molecule has 1 aliphatic rings. The van der Waals surface area contributed by atoms with Crippen LogP contribution in [0.5, 0.6) is 5.75 Å². The maximum atomic E-state index is 5.95. The van der Waals surface area contributed by atoms with Gasteiger partial charge in [0.25, 0.3) is 0 Å². The van der Waals surface area contributed by atoms with Gasteiger partial charge in [0.05, 0.1) is 11.1 Å². The van der Waals surface area contributed by atoms with Crippen molar-refractivity contribution < 1.29 is 4.74 Å². The monoisotopic (exact) mass is 195 g/mol. The molecule has 0 atom stereocenters. The molecule has 0 saturated heterocycles. The zero-order valence-electron chi connectivity index (χ0n) is 7.42. The molecule has 1 aliphatic carbocycles. The van der Waals surface area contributed by atoms with Gasteiger partial charge in [0, 0.05) is 0 Å². The third-order valence-corrected chi connectivity index (χ3v) is 2.67. The highest BCUT2D eigenvalue weighted by Gasteiger charge is 2.17. The van der Waals surface area contributed by atoms with E-state index in [-0.39, 0.29) is 0 Å². The van der Waals surface area contributed by atoms with Gasteiger partial charge in [0.15, 0.2) is 0 Å². The predicted octanol–water partition coefficient (Wildman–Crippen LogP) is 3.46. The van der Waals surface area contributed by atoms with Crippen molar-refractivity contribution in [2.45, 2.75) is 31.8 Å². The number of hydrogen-bond donors (Lipinski definition) is 0. The molecule has 0 aliphatic heterocycles. The molecule has 0 N–H and O–H groups in total. The highest BCUT2D eigenvalue weighted by molar-refractivity contribution is 6.32. The standard InChI is InChI=1S/C11H12ClO/c12-10-7-3-4-8-11(10)13-9-5-1-2-6-9/h4,7-9H,1-2,5-6H2. The van der Waals surface area contributed by atoms with Crippen molar-refractivity contribution in [1.29, 1.82) is 0 Å². The Hall–Kier alpha value is -0.690. The fraction of sp³-hybridized carbons (Fsp3) is 0.455. The highest BCUT2D eigenvalue weighted by atomic mass is 35.5. The van der Waals surface area contributed by atoms with Crippen molar-refractivity contribution in [2.75, 3.05) is 0 Å². The van der Waals surface area contributed by atoms with Gasteiger partial charge >= 0.3 is 0 Å². The lowest BCUT2D eigenvalue weighted by molar-refractivity contribution is 0.210. The smallest absolute Gasteiger partial charge is 0.138 e. The molecular weight excluding hydrogens is 184 g/mol. The molecule has 0 heterocycles. The zero-order chi connectivity index (χ0) is 9.10. The Morgan fingerprint density at radius 2 is 2.15 bits per heavy atom. The Kier molecular flexibility index (Phi) is 2.74. The van der Waals surface area contributed by atoms with Gasteiger partial charge in [-0.05, 0) is 43.9 Å². The number of ether oxygens (including phenoxy) is 1. The normalized spacial score (nSPS) is 17.6. The van der Waals surface area contributed by atoms with Crippen LogP contribution in [0.1, 0.15) is 25.7 Å². The fourth-order valence-electron chi connectivity index (χ4n) is 1.68. The fourth-order valence-corrected chi connectivity index (χ4v) is 1.85. The molecule has 0 unspecified atom stereocenters. The van der Waals surface area contributed by atoms with Crippen molar-refractivity contribution >= 4 is 11.6 Å². The first-order chi connectivity index (χ1) is 6.36. The van der Waals surface area contributed by atoms with Crippen LogP contribution in [0.3, 0.4) is 0 Å². The molecule has 1 saturated carbocycles. The molecule has 1 fully saturated rings. The molecule has 0 aromatic heterocycles. The molecule has 0 spiro atoms. The van der Waals surface area contributed by atoms with E-state index in [1.54, 1.807) is 6.07 Å². The molecule has 2 rings (SSSR count). The third-order valence-electron chi connectivity index (χ3n) is 2.37. The molecule has 0 amide bonds. The van der Waals surface area contributed by atoms with Crippen LogP contribution in [0.2, 0.25) is 5.02 Å². The molecule has 0 bridgehead atoms. The van der Waals surface area contributed by atoms with Gasteiger partial charge in [0.1, 0.15) is 5.75 Å². The summed E-state index contributed by atoms with van der Waals surface area (Å²) in [4.78, 5) is 0. The SMILES string of the molecule is Clc1c[c]ccc1OC1CCCC1. The van der Waals surface area contributed by atoms with E-state index in [2.05, 4.69) is 6.07 Å². The second-order valence-electron chi connectivity index (χ2n) is 3.38. The molecule has 1 radical (unpaired) electrons. The van der Waals surface area contributed by atoms with Gasteiger partial charge in [0.2, 0.25) is 0 Å². The summed E-state index contributed by atoms with van der Waals surface area (Å²) >= 11 is 5.95. The molecule has 1 aromatic carbocycles. The Bertz CT molecular complexity index is 279. The summed E-state index contributed by atoms with van der Waals surface area (Å²) in [5.41, 5.74) is 0. The van der Waals surface area contributed by atoms with E-state index < -0.39 is 0 Å². The van der Waals surface area contributed by atoms with Crippen molar-refractivity contribution in [1.82, 2.24) is 0 Å². The maximum Gasteiger partial charge on any atom is 0.138 e. The summed E-state index contributed by atoms with van der Waals surface area (Å²) in [7, 11) is 0. The molecule has 1 nitrogen and oxygen atoms in total. The van der Waals surface area contributed by atoms with E-state index in [1.165, 1.54) is 12.8 Å². The lowest BCUT2D eigenvalue weighted by atomic mass is 10.3. The van der Waals surface area contributed by atoms with E-state index in [0.29, 0.717) is 11.1 Å². The van der Waals surface area contributed by atoms with Gasteiger partial charge in [-0.3, -0.25) is 0 Å². The molecular formula is C11H12ClO. The topological polar surface area (TPSA) is 9.23 Å². The summed E-state index contributed by atoms with van der Waals surface area (Å²) in [6, 6.07) is 8.36. The van der Waals surface area contributed by atoms with E-state index >= 15 is 0 Å². The van der Waals surface area contributed by atoms with Crippen LogP contribution in [0.4, 0.5) is 0 Å². The van der Waals surface area contributed by atoms with Crippen LogP contribution < -0.4 is 4.74 Å². The van der Waals surface area contributed by atoms with Gasteiger partial charge in [-0.1, -0.05) is 17.7 Å². The minimum Gasteiger partial charge on any atom is -0.489 e. The number of rotatable bonds is 2. The van der Waals surface area contributed by atoms with E-state index in [4.69, 9.17) is 16.3 Å². The first-order valence-corrected chi connectivity index (χ1v) is 5.06. The Morgan fingerprint density at radius 1 is 1.38 bits per heavy atom. The Labute approximate surface area is 83.7 Å². The minimum absolute atomic E-state index is 0.375. The van der Waals surface area contributed by atoms with E-state index in [1.807, 2.05) is 12.1 Å². The van der Waals surface area contributed by atoms with Gasteiger partial charge in [-0.2, -0.15) is 0 Å². The summed E-state index contributed by atoms with van der Waals surface area (Å²) in [5.74, 6) is 0.798. The summed E-state index contributed by atoms with van der Waals surface area (Å²) in [6.45, 7) is 0. The van der Waals surface area contributed by atoms with Crippen LogP contribution in [-0.4, -0.2) is 6.10 Å². The second kappa shape index (κ2) is 4.01. The van der Waals surface area contributed by atoms with Crippen LogP contribution in [0.15, 0.2) is 18.2 Å². The Balaban J connectivity index is 2.04. The van der Waals surface area contributed by atoms with Crippen LogP contribution in [-0.2, 0) is 0 Å². The van der Waals surface area contributed by atoms with Gasteiger partial charge in [-0.15, -0.1) is 0 Å². The lowest BCUT2D eigenvalue weighted by Gasteiger charge is -2.13. The first-order valence-electron chi connectivity index (χ1n) is 4.68. The van der Waals surface area contributed by atoms with Crippen molar-refractivity contribution in [3.8, 4) is 5.75 Å². The highest BCUT2D eigenvalue weighted by Crippen LogP contribution is 2.28. The summed E-state index contributed by atoms with van der Waals surface area (Å²) in [6.07, 6.45) is 5.26. The van der Waals surface area contributed by atoms with Crippen LogP contribution in [0.25, 0.3) is 0 Å². The molecule has 69 valence electrons. The first kappa shape index (κ1) is 8.89. The van der Waals surface area contributed by atoms with Crippen molar-refractivity contribution in [3.63, 3.8) is 0 Å². The van der Waals surface area contributed by atoms with Gasteiger partial charge < -0.3 is 4.74 Å². The third kappa shape index (κ3) is 2.16. The maximum absolute atomic E-state index is 5.95. The average molecular weight is 196 g/mol.